The normalized spacial score (nSPS) is 20.7. The van der Waals surface area contributed by atoms with E-state index >= 15 is 0 Å². The smallest absolute Gasteiger partial charge is 0.318 e. The fraction of sp³-hybridized carbons (Fsp3) is 0.333. The highest BCUT2D eigenvalue weighted by Gasteiger charge is 2.31. The number of nitrogens with zero attached hydrogens (tertiary/aromatic N) is 2. The first kappa shape index (κ1) is 16.7. The molecule has 3 rings (SSSR count). The number of hydrogen-bond acceptors (Lipinski definition) is 3. The number of benzene rings is 1. The number of carbonyl (C=O) groups excluding carboxylic acids is 1. The van der Waals surface area contributed by atoms with Crippen molar-refractivity contribution in [3.05, 3.63) is 64.9 Å². The Hall–Kier alpha value is -2.11. The van der Waals surface area contributed by atoms with Gasteiger partial charge in [0.05, 0.1) is 19.2 Å². The summed E-state index contributed by atoms with van der Waals surface area (Å²) in [5.74, 6) is 0. The zero-order valence-electron chi connectivity index (χ0n) is 13.5. The lowest BCUT2D eigenvalue weighted by Gasteiger charge is -2.38. The molecule has 0 bridgehead atoms. The Kier molecular flexibility index (Phi) is 5.33. The molecule has 24 heavy (non-hydrogen) atoms. The average molecular weight is 346 g/mol. The molecule has 6 heteroatoms. The van der Waals surface area contributed by atoms with Gasteiger partial charge in [0, 0.05) is 29.5 Å². The lowest BCUT2D eigenvalue weighted by atomic mass is 10.1. The number of halogens is 1. The molecular weight excluding hydrogens is 326 g/mol. The van der Waals surface area contributed by atoms with Gasteiger partial charge < -0.3 is 15.0 Å². The van der Waals surface area contributed by atoms with E-state index in [-0.39, 0.29) is 18.2 Å². The van der Waals surface area contributed by atoms with Crippen LogP contribution in [0.2, 0.25) is 5.02 Å². The number of amides is 2. The first-order valence-electron chi connectivity index (χ1n) is 7.94. The molecule has 1 aromatic carbocycles. The minimum Gasteiger partial charge on any atom is -0.369 e. The van der Waals surface area contributed by atoms with Gasteiger partial charge in [-0.05, 0) is 24.6 Å². The Labute approximate surface area is 146 Å². The zero-order chi connectivity index (χ0) is 16.9. The van der Waals surface area contributed by atoms with Gasteiger partial charge in [-0.1, -0.05) is 35.9 Å². The van der Waals surface area contributed by atoms with Gasteiger partial charge in [-0.15, -0.1) is 0 Å². The molecular formula is C18H20ClN3O2. The van der Waals surface area contributed by atoms with Crippen LogP contribution in [0.4, 0.5) is 4.79 Å². The highest BCUT2D eigenvalue weighted by atomic mass is 35.5. The quantitative estimate of drug-likeness (QED) is 0.927. The highest BCUT2D eigenvalue weighted by Crippen LogP contribution is 2.29. The van der Waals surface area contributed by atoms with Crippen LogP contribution in [0.25, 0.3) is 0 Å². The van der Waals surface area contributed by atoms with Crippen molar-refractivity contribution in [2.75, 3.05) is 13.2 Å². The van der Waals surface area contributed by atoms with Crippen LogP contribution < -0.4 is 5.32 Å². The van der Waals surface area contributed by atoms with Crippen LogP contribution in [0.5, 0.6) is 0 Å². The summed E-state index contributed by atoms with van der Waals surface area (Å²) >= 11 is 6.26. The Morgan fingerprint density at radius 1 is 1.38 bits per heavy atom. The SMILES string of the molecule is C[C@@H]1CO[C@H](c2ccccc2Cl)CN1C(=O)NCc1cccnc1. The van der Waals surface area contributed by atoms with Gasteiger partial charge >= 0.3 is 6.03 Å². The Bertz CT molecular complexity index is 696. The fourth-order valence-electron chi connectivity index (χ4n) is 2.75. The molecule has 1 aromatic heterocycles. The van der Waals surface area contributed by atoms with Gasteiger partial charge in [0.25, 0.3) is 0 Å². The molecule has 1 saturated heterocycles. The van der Waals surface area contributed by atoms with Crippen LogP contribution in [-0.4, -0.2) is 35.1 Å². The lowest BCUT2D eigenvalue weighted by Crippen LogP contribution is -2.51. The van der Waals surface area contributed by atoms with E-state index in [0.29, 0.717) is 24.7 Å². The lowest BCUT2D eigenvalue weighted by molar-refractivity contribution is -0.0427. The molecule has 2 amide bonds. The van der Waals surface area contributed by atoms with Crippen molar-refractivity contribution in [3.8, 4) is 0 Å². The number of morpholine rings is 1. The van der Waals surface area contributed by atoms with Crippen LogP contribution in [-0.2, 0) is 11.3 Å². The maximum Gasteiger partial charge on any atom is 0.318 e. The molecule has 0 spiro atoms. The van der Waals surface area contributed by atoms with Crippen molar-refractivity contribution in [2.45, 2.75) is 25.6 Å². The summed E-state index contributed by atoms with van der Waals surface area (Å²) in [6.07, 6.45) is 3.25. The van der Waals surface area contributed by atoms with Crippen molar-refractivity contribution in [1.29, 1.82) is 0 Å². The van der Waals surface area contributed by atoms with Gasteiger partial charge in [-0.3, -0.25) is 4.98 Å². The van der Waals surface area contributed by atoms with E-state index < -0.39 is 0 Å². The average Bonchev–Trinajstić information content (AvgIpc) is 2.61. The number of aromatic nitrogens is 1. The van der Waals surface area contributed by atoms with Crippen LogP contribution in [0, 0.1) is 0 Å². The van der Waals surface area contributed by atoms with E-state index in [1.165, 1.54) is 0 Å². The summed E-state index contributed by atoms with van der Waals surface area (Å²) < 4.78 is 5.88. The number of ether oxygens (including phenoxy) is 1. The third-order valence-corrected chi connectivity index (χ3v) is 4.46. The largest absolute Gasteiger partial charge is 0.369 e. The maximum atomic E-state index is 12.5. The Balaban J connectivity index is 1.65. The maximum absolute atomic E-state index is 12.5. The molecule has 2 heterocycles. The fourth-order valence-corrected chi connectivity index (χ4v) is 3.00. The third kappa shape index (κ3) is 3.86. The molecule has 1 aliphatic rings. The van der Waals surface area contributed by atoms with Gasteiger partial charge in [-0.25, -0.2) is 4.79 Å². The van der Waals surface area contributed by atoms with Crippen LogP contribution >= 0.6 is 11.6 Å². The second-order valence-electron chi connectivity index (χ2n) is 5.86. The topological polar surface area (TPSA) is 54.5 Å². The molecule has 1 fully saturated rings. The number of hydrogen-bond donors (Lipinski definition) is 1. The van der Waals surface area contributed by atoms with E-state index in [1.54, 1.807) is 17.3 Å². The molecule has 0 saturated carbocycles. The first-order valence-corrected chi connectivity index (χ1v) is 8.32. The van der Waals surface area contributed by atoms with E-state index in [4.69, 9.17) is 16.3 Å². The summed E-state index contributed by atoms with van der Waals surface area (Å²) in [6.45, 7) is 3.39. The number of carbonyl (C=O) groups is 1. The predicted octanol–water partition coefficient (Wildman–Crippen LogP) is 3.41. The molecule has 1 aliphatic heterocycles. The van der Waals surface area contributed by atoms with Gasteiger partial charge in [-0.2, -0.15) is 0 Å². The zero-order valence-corrected chi connectivity index (χ0v) is 14.2. The first-order chi connectivity index (χ1) is 11.6. The third-order valence-electron chi connectivity index (χ3n) is 4.11. The number of rotatable bonds is 3. The number of pyridine rings is 1. The minimum absolute atomic E-state index is 0.0117. The summed E-state index contributed by atoms with van der Waals surface area (Å²) in [4.78, 5) is 18.4. The van der Waals surface area contributed by atoms with Crippen LogP contribution in [0.1, 0.15) is 24.2 Å². The number of nitrogens with one attached hydrogen (secondary N) is 1. The van der Waals surface area contributed by atoms with Crippen molar-refractivity contribution in [3.63, 3.8) is 0 Å². The van der Waals surface area contributed by atoms with Crippen molar-refractivity contribution < 1.29 is 9.53 Å². The molecule has 0 radical (unpaired) electrons. The Morgan fingerprint density at radius 2 is 2.21 bits per heavy atom. The second-order valence-corrected chi connectivity index (χ2v) is 6.27. The standard InChI is InChI=1S/C18H20ClN3O2/c1-13-12-24-17(15-6-2-3-7-16(15)19)11-22(13)18(23)21-10-14-5-4-8-20-9-14/h2-9,13,17H,10-12H2,1H3,(H,21,23)/t13-,17+/m1/s1. The molecule has 5 nitrogen and oxygen atoms in total. The van der Waals surface area contributed by atoms with Crippen molar-refractivity contribution >= 4 is 17.6 Å². The minimum atomic E-state index is -0.209. The van der Waals surface area contributed by atoms with Crippen molar-refractivity contribution in [2.24, 2.45) is 0 Å². The summed E-state index contributed by atoms with van der Waals surface area (Å²) in [5.41, 5.74) is 1.88. The van der Waals surface area contributed by atoms with Gasteiger partial charge in [0.1, 0.15) is 6.10 Å². The summed E-state index contributed by atoms with van der Waals surface area (Å²) in [5, 5.41) is 3.60. The number of urea groups is 1. The van der Waals surface area contributed by atoms with E-state index in [0.717, 1.165) is 11.1 Å². The monoisotopic (exact) mass is 345 g/mol. The molecule has 126 valence electrons. The molecule has 2 atom stereocenters. The second kappa shape index (κ2) is 7.64. The van der Waals surface area contributed by atoms with Crippen LogP contribution in [0.15, 0.2) is 48.8 Å². The van der Waals surface area contributed by atoms with Gasteiger partial charge in [0.15, 0.2) is 0 Å². The van der Waals surface area contributed by atoms with E-state index in [1.807, 2.05) is 43.3 Å². The summed E-state index contributed by atoms with van der Waals surface area (Å²) in [6, 6.07) is 11.3. The Morgan fingerprint density at radius 3 is 2.96 bits per heavy atom. The van der Waals surface area contributed by atoms with Crippen molar-refractivity contribution in [1.82, 2.24) is 15.2 Å². The molecule has 2 aromatic rings. The van der Waals surface area contributed by atoms with E-state index in [9.17, 15) is 4.79 Å². The highest BCUT2D eigenvalue weighted by molar-refractivity contribution is 6.31. The molecule has 1 N–H and O–H groups in total. The van der Waals surface area contributed by atoms with E-state index in [2.05, 4.69) is 10.3 Å². The van der Waals surface area contributed by atoms with Crippen LogP contribution in [0.3, 0.4) is 0 Å². The molecule has 0 unspecified atom stereocenters. The summed E-state index contributed by atoms with van der Waals surface area (Å²) in [7, 11) is 0. The molecule has 0 aliphatic carbocycles. The predicted molar refractivity (Wildman–Crippen MR) is 92.8 cm³/mol. The van der Waals surface area contributed by atoms with Gasteiger partial charge in [0.2, 0.25) is 0 Å².